The van der Waals surface area contributed by atoms with Crippen LogP contribution in [0.5, 0.6) is 0 Å². The molecule has 1 aromatic carbocycles. The minimum atomic E-state index is -0.622. The number of halogens is 1. The van der Waals surface area contributed by atoms with Crippen molar-refractivity contribution >= 4 is 34.5 Å². The highest BCUT2D eigenvalue weighted by Crippen LogP contribution is 2.29. The first kappa shape index (κ1) is 22.1. The third kappa shape index (κ3) is 4.59. The average molecular weight is 445 g/mol. The lowest BCUT2D eigenvalue weighted by molar-refractivity contribution is -0.116. The fourth-order valence-corrected chi connectivity index (χ4v) is 4.03. The summed E-state index contributed by atoms with van der Waals surface area (Å²) in [4.78, 5) is 30.6. The monoisotopic (exact) mass is 445 g/mol. The predicted molar refractivity (Wildman–Crippen MR) is 125 cm³/mol. The van der Waals surface area contributed by atoms with E-state index < -0.39 is 11.7 Å². The van der Waals surface area contributed by atoms with Crippen LogP contribution in [0.25, 0.3) is 5.52 Å². The number of aromatic nitrogens is 3. The molecule has 3 heterocycles. The van der Waals surface area contributed by atoms with Crippen molar-refractivity contribution in [2.24, 2.45) is 0 Å². The molecule has 8 heteroatoms. The van der Waals surface area contributed by atoms with Gasteiger partial charge in [0.15, 0.2) is 5.82 Å². The fourth-order valence-electron chi connectivity index (χ4n) is 4.03. The number of nitrogens with one attached hydrogen (secondary N) is 1. The molecule has 0 bridgehead atoms. The van der Waals surface area contributed by atoms with Crippen molar-refractivity contribution in [2.45, 2.75) is 34.1 Å². The summed E-state index contributed by atoms with van der Waals surface area (Å²) >= 11 is 0. The molecule has 33 heavy (non-hydrogen) atoms. The van der Waals surface area contributed by atoms with E-state index in [-0.39, 0.29) is 23.8 Å². The van der Waals surface area contributed by atoms with Gasteiger partial charge in [0.05, 0.1) is 23.8 Å². The van der Waals surface area contributed by atoms with Crippen molar-refractivity contribution in [3.63, 3.8) is 0 Å². The molecule has 0 atom stereocenters. The molecular formula is C25H24FN5O2. The first-order chi connectivity index (χ1) is 15.7. The van der Waals surface area contributed by atoms with Crippen LogP contribution in [0.2, 0.25) is 0 Å². The van der Waals surface area contributed by atoms with E-state index in [1.807, 2.05) is 20.8 Å². The highest BCUT2D eigenvalue weighted by molar-refractivity contribution is 6.00. The summed E-state index contributed by atoms with van der Waals surface area (Å²) in [7, 11) is 0. The van der Waals surface area contributed by atoms with Crippen LogP contribution >= 0.6 is 0 Å². The molecule has 0 aliphatic heterocycles. The largest absolute Gasteiger partial charge is 0.326 e. The smallest absolute Gasteiger partial charge is 0.229 e. The minimum absolute atomic E-state index is 0.0531. The lowest BCUT2D eigenvalue weighted by Gasteiger charge is -2.21. The molecule has 0 aliphatic rings. The first-order valence-electron chi connectivity index (χ1n) is 10.5. The predicted octanol–water partition coefficient (Wildman–Crippen LogP) is 4.66. The Balaban J connectivity index is 1.61. The number of nitrogens with zero attached hydrogens (tertiary/aromatic N) is 4. The second-order valence-corrected chi connectivity index (χ2v) is 8.07. The van der Waals surface area contributed by atoms with Crippen molar-refractivity contribution in [1.29, 1.82) is 0 Å². The Bertz CT molecular complexity index is 1360. The van der Waals surface area contributed by atoms with E-state index in [2.05, 4.69) is 27.5 Å². The van der Waals surface area contributed by atoms with E-state index in [0.29, 0.717) is 11.2 Å². The molecule has 0 unspecified atom stereocenters. The van der Waals surface area contributed by atoms with Gasteiger partial charge < -0.3 is 5.32 Å². The van der Waals surface area contributed by atoms with Crippen molar-refractivity contribution in [1.82, 2.24) is 14.6 Å². The number of carbonyl (C=O) groups excluding carboxylic acids is 2. The Kier molecular flexibility index (Phi) is 5.91. The number of carbonyl (C=O) groups is 2. The van der Waals surface area contributed by atoms with E-state index in [0.717, 1.165) is 22.3 Å². The fraction of sp³-hybridized carbons (Fsp3) is 0.200. The zero-order valence-corrected chi connectivity index (χ0v) is 18.9. The van der Waals surface area contributed by atoms with Crippen molar-refractivity contribution in [2.75, 3.05) is 10.2 Å². The van der Waals surface area contributed by atoms with E-state index in [1.54, 1.807) is 24.4 Å². The molecule has 4 aromatic rings. The Morgan fingerprint density at radius 1 is 1.06 bits per heavy atom. The molecule has 0 fully saturated rings. The van der Waals surface area contributed by atoms with Gasteiger partial charge in [0.1, 0.15) is 5.82 Å². The van der Waals surface area contributed by atoms with Crippen molar-refractivity contribution in [3.05, 3.63) is 83.1 Å². The SMILES string of the molecule is CC(=O)N(c1cc(NC(=O)Cc2c(C)cc(C)cc2C)ccn1)c1cc2ccnn2cc1F. The van der Waals surface area contributed by atoms with Crippen LogP contribution in [0.15, 0.2) is 55.0 Å². The Hall–Kier alpha value is -4.07. The summed E-state index contributed by atoms with van der Waals surface area (Å²) in [6.45, 7) is 7.33. The molecule has 0 aliphatic carbocycles. The van der Waals surface area contributed by atoms with Crippen LogP contribution in [0.3, 0.4) is 0 Å². The molecule has 1 N–H and O–H groups in total. The van der Waals surface area contributed by atoms with Gasteiger partial charge in [0, 0.05) is 31.1 Å². The third-order valence-corrected chi connectivity index (χ3v) is 5.46. The normalized spacial score (nSPS) is 10.9. The average Bonchev–Trinajstić information content (AvgIpc) is 3.18. The van der Waals surface area contributed by atoms with Gasteiger partial charge in [0.2, 0.25) is 11.8 Å². The van der Waals surface area contributed by atoms with Crippen LogP contribution in [0.4, 0.5) is 21.6 Å². The second-order valence-electron chi connectivity index (χ2n) is 8.07. The molecule has 0 saturated heterocycles. The maximum atomic E-state index is 14.8. The van der Waals surface area contributed by atoms with Crippen molar-refractivity contribution < 1.29 is 14.0 Å². The third-order valence-electron chi connectivity index (χ3n) is 5.46. The Morgan fingerprint density at radius 2 is 1.79 bits per heavy atom. The number of hydrogen-bond donors (Lipinski definition) is 1. The van der Waals surface area contributed by atoms with Crippen LogP contribution < -0.4 is 10.2 Å². The van der Waals surface area contributed by atoms with Crippen LogP contribution in [0, 0.1) is 26.6 Å². The number of anilines is 3. The highest BCUT2D eigenvalue weighted by atomic mass is 19.1. The summed E-state index contributed by atoms with van der Waals surface area (Å²) in [5.74, 6) is -1.03. The van der Waals surface area contributed by atoms with Crippen LogP contribution in [0.1, 0.15) is 29.2 Å². The molecule has 0 radical (unpaired) electrons. The number of aryl methyl sites for hydroxylation is 3. The zero-order valence-electron chi connectivity index (χ0n) is 18.9. The number of amides is 2. The van der Waals surface area contributed by atoms with Crippen LogP contribution in [-0.2, 0) is 16.0 Å². The van der Waals surface area contributed by atoms with Gasteiger partial charge in [-0.25, -0.2) is 13.9 Å². The zero-order chi connectivity index (χ0) is 23.7. The second kappa shape index (κ2) is 8.82. The van der Waals surface area contributed by atoms with Gasteiger partial charge in [-0.3, -0.25) is 14.5 Å². The Labute approximate surface area is 190 Å². The number of fused-ring (bicyclic) bond motifs is 1. The number of benzene rings is 1. The van der Waals surface area contributed by atoms with Crippen molar-refractivity contribution in [3.8, 4) is 0 Å². The molecular weight excluding hydrogens is 421 g/mol. The molecule has 0 saturated carbocycles. The number of hydrogen-bond acceptors (Lipinski definition) is 4. The summed E-state index contributed by atoms with van der Waals surface area (Å²) < 4.78 is 16.2. The summed E-state index contributed by atoms with van der Waals surface area (Å²) in [5, 5.41) is 6.87. The summed E-state index contributed by atoms with van der Waals surface area (Å²) in [5.41, 5.74) is 5.40. The van der Waals surface area contributed by atoms with Gasteiger partial charge in [0.25, 0.3) is 0 Å². The molecule has 4 rings (SSSR count). The van der Waals surface area contributed by atoms with Gasteiger partial charge in [-0.05, 0) is 55.7 Å². The summed E-state index contributed by atoms with van der Waals surface area (Å²) in [6, 6.07) is 10.5. The van der Waals surface area contributed by atoms with E-state index in [9.17, 15) is 14.0 Å². The first-order valence-corrected chi connectivity index (χ1v) is 10.5. The van der Waals surface area contributed by atoms with Gasteiger partial charge in [-0.15, -0.1) is 0 Å². The molecule has 7 nitrogen and oxygen atoms in total. The molecule has 2 amide bonds. The Morgan fingerprint density at radius 3 is 2.48 bits per heavy atom. The molecule has 0 spiro atoms. The van der Waals surface area contributed by atoms with E-state index in [4.69, 9.17) is 0 Å². The number of rotatable bonds is 5. The number of pyridine rings is 2. The van der Waals surface area contributed by atoms with Gasteiger partial charge in [-0.2, -0.15) is 5.10 Å². The topological polar surface area (TPSA) is 79.6 Å². The van der Waals surface area contributed by atoms with Crippen LogP contribution in [-0.4, -0.2) is 26.4 Å². The van der Waals surface area contributed by atoms with Gasteiger partial charge >= 0.3 is 0 Å². The van der Waals surface area contributed by atoms with E-state index >= 15 is 0 Å². The lowest BCUT2D eigenvalue weighted by atomic mass is 9.97. The maximum absolute atomic E-state index is 14.8. The molecule has 168 valence electrons. The standard InChI is InChI=1S/C25H24FN5O2/c1-15-9-16(2)21(17(3)10-15)13-25(33)29-19-5-7-27-24(11-19)31(18(4)32)23-12-20-6-8-28-30(20)14-22(23)26/h5-12,14H,13H2,1-4H3,(H,27,29,33). The molecule has 3 aromatic heterocycles. The minimum Gasteiger partial charge on any atom is -0.326 e. The van der Waals surface area contributed by atoms with E-state index in [1.165, 1.54) is 34.8 Å². The summed E-state index contributed by atoms with van der Waals surface area (Å²) in [6.07, 6.45) is 4.44. The maximum Gasteiger partial charge on any atom is 0.229 e. The lowest BCUT2D eigenvalue weighted by Crippen LogP contribution is -2.25. The van der Waals surface area contributed by atoms with Gasteiger partial charge in [-0.1, -0.05) is 17.7 Å². The quantitative estimate of drug-likeness (QED) is 0.485. The highest BCUT2D eigenvalue weighted by Gasteiger charge is 2.21.